The number of nitrogens with one attached hydrogen (secondary N) is 2. The number of anilines is 1. The highest BCUT2D eigenvalue weighted by Crippen LogP contribution is 2.19. The number of nitrogens with zero attached hydrogens (tertiary/aromatic N) is 1. The summed E-state index contributed by atoms with van der Waals surface area (Å²) in [6, 6.07) is 6.92. The van der Waals surface area contributed by atoms with Crippen LogP contribution >= 0.6 is 11.6 Å². The van der Waals surface area contributed by atoms with E-state index in [1.54, 1.807) is 31.2 Å². The normalized spacial score (nSPS) is 12.0. The number of aromatic amines is 1. The van der Waals surface area contributed by atoms with Gasteiger partial charge in [0.05, 0.1) is 0 Å². The molecule has 1 atom stereocenters. The third-order valence-electron chi connectivity index (χ3n) is 2.97. The van der Waals surface area contributed by atoms with Gasteiger partial charge in [-0.3, -0.25) is 9.89 Å². The van der Waals surface area contributed by atoms with Crippen LogP contribution in [0.3, 0.4) is 0 Å². The largest absolute Gasteiger partial charge is 0.481 e. The van der Waals surface area contributed by atoms with Crippen LogP contribution in [-0.2, 0) is 4.79 Å². The van der Waals surface area contributed by atoms with E-state index in [0.717, 1.165) is 11.3 Å². The van der Waals surface area contributed by atoms with Crippen LogP contribution in [0.15, 0.2) is 24.3 Å². The standard InChI is InChI=1S/C14H16ClN3O2/c1-8-9(2)17-18-13(8)16-14(19)10(3)20-12-6-4-5-11(15)7-12/h4-7,10H,1-3H3,(H2,16,17,18,19). The molecule has 1 amide bonds. The van der Waals surface area contributed by atoms with Crippen LogP contribution in [0, 0.1) is 13.8 Å². The summed E-state index contributed by atoms with van der Waals surface area (Å²) in [6.45, 7) is 5.45. The SMILES string of the molecule is Cc1[nH]nc(NC(=O)C(C)Oc2cccc(Cl)c2)c1C. The quantitative estimate of drug-likeness (QED) is 0.910. The first-order chi connectivity index (χ1) is 9.47. The highest BCUT2D eigenvalue weighted by Gasteiger charge is 2.17. The Labute approximate surface area is 122 Å². The minimum absolute atomic E-state index is 0.264. The van der Waals surface area contributed by atoms with Gasteiger partial charge in [0.2, 0.25) is 0 Å². The lowest BCUT2D eigenvalue weighted by atomic mass is 10.2. The summed E-state index contributed by atoms with van der Waals surface area (Å²) >= 11 is 5.87. The number of carbonyl (C=O) groups is 1. The Balaban J connectivity index is 2.00. The van der Waals surface area contributed by atoms with Gasteiger partial charge in [-0.15, -0.1) is 0 Å². The zero-order valence-corrected chi connectivity index (χ0v) is 12.3. The number of carbonyl (C=O) groups excluding carboxylic acids is 1. The van der Waals surface area contributed by atoms with Crippen molar-refractivity contribution in [3.63, 3.8) is 0 Å². The number of halogens is 1. The second kappa shape index (κ2) is 5.96. The van der Waals surface area contributed by atoms with Crippen molar-refractivity contribution >= 4 is 23.3 Å². The average molecular weight is 294 g/mol. The summed E-state index contributed by atoms with van der Waals surface area (Å²) in [5, 5.41) is 10.1. The lowest BCUT2D eigenvalue weighted by Crippen LogP contribution is -2.30. The van der Waals surface area contributed by atoms with Gasteiger partial charge in [-0.1, -0.05) is 17.7 Å². The molecule has 2 rings (SSSR count). The van der Waals surface area contributed by atoms with Crippen molar-refractivity contribution in [1.29, 1.82) is 0 Å². The number of aryl methyl sites for hydroxylation is 1. The molecule has 0 aliphatic carbocycles. The molecule has 5 nitrogen and oxygen atoms in total. The molecule has 0 bridgehead atoms. The van der Waals surface area contributed by atoms with Crippen molar-refractivity contribution < 1.29 is 9.53 Å². The van der Waals surface area contributed by atoms with E-state index in [1.165, 1.54) is 0 Å². The molecule has 0 spiro atoms. The highest BCUT2D eigenvalue weighted by molar-refractivity contribution is 6.30. The zero-order chi connectivity index (χ0) is 14.7. The van der Waals surface area contributed by atoms with Crippen molar-refractivity contribution in [2.45, 2.75) is 26.9 Å². The lowest BCUT2D eigenvalue weighted by Gasteiger charge is -2.14. The first-order valence-electron chi connectivity index (χ1n) is 6.22. The van der Waals surface area contributed by atoms with Crippen LogP contribution in [-0.4, -0.2) is 22.2 Å². The number of ether oxygens (including phenoxy) is 1. The van der Waals surface area contributed by atoms with Crippen LogP contribution in [0.25, 0.3) is 0 Å². The fourth-order valence-electron chi connectivity index (χ4n) is 1.62. The molecule has 1 heterocycles. The van der Waals surface area contributed by atoms with Crippen LogP contribution in [0.5, 0.6) is 5.75 Å². The maximum atomic E-state index is 12.0. The van der Waals surface area contributed by atoms with E-state index in [4.69, 9.17) is 16.3 Å². The summed E-state index contributed by atoms with van der Waals surface area (Å²) in [4.78, 5) is 12.0. The van der Waals surface area contributed by atoms with E-state index in [-0.39, 0.29) is 5.91 Å². The lowest BCUT2D eigenvalue weighted by molar-refractivity contribution is -0.122. The van der Waals surface area contributed by atoms with Gasteiger partial charge >= 0.3 is 0 Å². The molecule has 0 fully saturated rings. The molecule has 1 unspecified atom stereocenters. The van der Waals surface area contributed by atoms with Gasteiger partial charge in [0.25, 0.3) is 5.91 Å². The van der Waals surface area contributed by atoms with Crippen LogP contribution in [0.2, 0.25) is 5.02 Å². The molecule has 0 aliphatic rings. The summed E-state index contributed by atoms with van der Waals surface area (Å²) in [5.41, 5.74) is 1.83. The molecule has 1 aromatic carbocycles. The fourth-order valence-corrected chi connectivity index (χ4v) is 1.80. The Bertz CT molecular complexity index is 625. The molecule has 6 heteroatoms. The van der Waals surface area contributed by atoms with Crippen molar-refractivity contribution in [3.05, 3.63) is 40.5 Å². The van der Waals surface area contributed by atoms with E-state index >= 15 is 0 Å². The maximum absolute atomic E-state index is 12.0. The number of hydrogen-bond donors (Lipinski definition) is 2. The van der Waals surface area contributed by atoms with E-state index in [0.29, 0.717) is 16.6 Å². The van der Waals surface area contributed by atoms with Gasteiger partial charge in [-0.25, -0.2) is 0 Å². The second-order valence-electron chi connectivity index (χ2n) is 4.53. The molecule has 0 aliphatic heterocycles. The molecule has 1 aromatic heterocycles. The van der Waals surface area contributed by atoms with Gasteiger partial charge in [0.1, 0.15) is 5.75 Å². The van der Waals surface area contributed by atoms with Crippen LogP contribution in [0.1, 0.15) is 18.2 Å². The third-order valence-corrected chi connectivity index (χ3v) is 3.21. The van der Waals surface area contributed by atoms with Gasteiger partial charge in [0, 0.05) is 16.3 Å². The number of hydrogen-bond acceptors (Lipinski definition) is 3. The van der Waals surface area contributed by atoms with Gasteiger partial charge < -0.3 is 10.1 Å². The number of H-pyrrole nitrogens is 1. The minimum Gasteiger partial charge on any atom is -0.481 e. The van der Waals surface area contributed by atoms with Crippen molar-refractivity contribution in [3.8, 4) is 5.75 Å². The van der Waals surface area contributed by atoms with Crippen molar-refractivity contribution in [2.24, 2.45) is 0 Å². The Morgan fingerprint density at radius 1 is 1.45 bits per heavy atom. The van der Waals surface area contributed by atoms with Crippen molar-refractivity contribution in [1.82, 2.24) is 10.2 Å². The smallest absolute Gasteiger partial charge is 0.266 e. The average Bonchev–Trinajstić information content (AvgIpc) is 2.70. The molecule has 0 saturated carbocycles. The van der Waals surface area contributed by atoms with Gasteiger partial charge in [-0.2, -0.15) is 5.10 Å². The molecule has 20 heavy (non-hydrogen) atoms. The summed E-state index contributed by atoms with van der Waals surface area (Å²) in [5.74, 6) is 0.809. The Morgan fingerprint density at radius 2 is 2.20 bits per heavy atom. The summed E-state index contributed by atoms with van der Waals surface area (Å²) in [7, 11) is 0. The van der Waals surface area contributed by atoms with Gasteiger partial charge in [0.15, 0.2) is 11.9 Å². The number of aromatic nitrogens is 2. The molecule has 106 valence electrons. The second-order valence-corrected chi connectivity index (χ2v) is 4.97. The number of benzene rings is 1. The van der Waals surface area contributed by atoms with Gasteiger partial charge in [-0.05, 0) is 39.0 Å². The van der Waals surface area contributed by atoms with Crippen molar-refractivity contribution in [2.75, 3.05) is 5.32 Å². The first kappa shape index (κ1) is 14.4. The van der Waals surface area contributed by atoms with Crippen LogP contribution < -0.4 is 10.1 Å². The predicted molar refractivity (Wildman–Crippen MR) is 78.2 cm³/mol. The number of amides is 1. The molecular weight excluding hydrogens is 278 g/mol. The molecule has 0 radical (unpaired) electrons. The molecule has 2 aromatic rings. The minimum atomic E-state index is -0.648. The molecule has 0 saturated heterocycles. The summed E-state index contributed by atoms with van der Waals surface area (Å²) in [6.07, 6.45) is -0.648. The molecule has 2 N–H and O–H groups in total. The number of rotatable bonds is 4. The maximum Gasteiger partial charge on any atom is 0.266 e. The highest BCUT2D eigenvalue weighted by atomic mass is 35.5. The van der Waals surface area contributed by atoms with E-state index < -0.39 is 6.10 Å². The Morgan fingerprint density at radius 3 is 2.80 bits per heavy atom. The van der Waals surface area contributed by atoms with Crippen LogP contribution in [0.4, 0.5) is 5.82 Å². The van der Waals surface area contributed by atoms with E-state index in [1.807, 2.05) is 13.8 Å². The Hall–Kier alpha value is -2.01. The fraction of sp³-hybridized carbons (Fsp3) is 0.286. The predicted octanol–water partition coefficient (Wildman–Crippen LogP) is 3.09. The third kappa shape index (κ3) is 3.30. The zero-order valence-electron chi connectivity index (χ0n) is 11.5. The monoisotopic (exact) mass is 293 g/mol. The molecular formula is C14H16ClN3O2. The first-order valence-corrected chi connectivity index (χ1v) is 6.60. The van der Waals surface area contributed by atoms with E-state index in [2.05, 4.69) is 15.5 Å². The topological polar surface area (TPSA) is 67.0 Å². The van der Waals surface area contributed by atoms with E-state index in [9.17, 15) is 4.79 Å². The Kier molecular flexibility index (Phi) is 4.29. The summed E-state index contributed by atoms with van der Waals surface area (Å²) < 4.78 is 5.54.